The summed E-state index contributed by atoms with van der Waals surface area (Å²) in [5.41, 5.74) is 1.92. The number of aromatic nitrogens is 3. The average molecular weight is 769 g/mol. The third kappa shape index (κ3) is 10.8. The summed E-state index contributed by atoms with van der Waals surface area (Å²) in [6.45, 7) is 3.85. The van der Waals surface area contributed by atoms with Crippen LogP contribution in [0.5, 0.6) is 6.01 Å². The SMILES string of the molecule is CC(C)(C)c1ccc(NC(=O)C(=O)NC[C@H](NC(=O)c2ccc(Nc3nc(NC4(c5ccc(Cl)cc5)CC4)nc(OCC(F)(F)F)n3)cc2)C(=O)O)cc1. The summed E-state index contributed by atoms with van der Waals surface area (Å²) in [5, 5.41) is 23.1. The molecule has 0 unspecified atom stereocenters. The van der Waals surface area contributed by atoms with Crippen molar-refractivity contribution >= 4 is 58.6 Å². The number of benzene rings is 3. The van der Waals surface area contributed by atoms with E-state index in [1.54, 1.807) is 24.3 Å². The molecule has 1 atom stereocenters. The maximum Gasteiger partial charge on any atom is 0.422 e. The van der Waals surface area contributed by atoms with E-state index in [2.05, 4.69) is 41.5 Å². The van der Waals surface area contributed by atoms with Crippen LogP contribution in [0.15, 0.2) is 72.8 Å². The number of anilines is 4. The number of hydrogen-bond acceptors (Lipinski definition) is 10. The molecule has 5 rings (SSSR count). The molecule has 1 fully saturated rings. The quantitative estimate of drug-likeness (QED) is 0.0934. The van der Waals surface area contributed by atoms with E-state index in [0.717, 1.165) is 11.1 Å². The van der Waals surface area contributed by atoms with Crippen LogP contribution in [-0.4, -0.2) is 69.1 Å². The van der Waals surface area contributed by atoms with Crippen LogP contribution in [0, 0.1) is 0 Å². The second-order valence-corrected chi connectivity index (χ2v) is 13.9. The molecule has 0 bridgehead atoms. The molecule has 18 heteroatoms. The number of amides is 3. The van der Waals surface area contributed by atoms with Crippen molar-refractivity contribution in [2.24, 2.45) is 0 Å². The van der Waals surface area contributed by atoms with Gasteiger partial charge in [0.2, 0.25) is 11.9 Å². The molecule has 1 aliphatic carbocycles. The van der Waals surface area contributed by atoms with Gasteiger partial charge in [-0.25, -0.2) is 4.79 Å². The molecule has 14 nitrogen and oxygen atoms in total. The van der Waals surface area contributed by atoms with Crippen molar-refractivity contribution in [2.45, 2.75) is 56.8 Å². The van der Waals surface area contributed by atoms with E-state index in [1.807, 2.05) is 45.0 Å². The van der Waals surface area contributed by atoms with Crippen molar-refractivity contribution in [1.82, 2.24) is 25.6 Å². The van der Waals surface area contributed by atoms with Crippen molar-refractivity contribution in [2.75, 3.05) is 29.1 Å². The van der Waals surface area contributed by atoms with Crippen LogP contribution in [0.4, 0.5) is 36.4 Å². The number of carbonyl (C=O) groups is 4. The largest absolute Gasteiger partial charge is 0.480 e. The molecule has 1 aliphatic rings. The molecule has 1 saturated carbocycles. The molecule has 0 spiro atoms. The number of carbonyl (C=O) groups excluding carboxylic acids is 3. The fourth-order valence-corrected chi connectivity index (χ4v) is 5.19. The molecule has 3 aromatic carbocycles. The van der Waals surface area contributed by atoms with Gasteiger partial charge in [0, 0.05) is 28.5 Å². The first kappa shape index (κ1) is 39.2. The van der Waals surface area contributed by atoms with Crippen LogP contribution in [0.1, 0.15) is 55.1 Å². The second-order valence-electron chi connectivity index (χ2n) is 13.4. The summed E-state index contributed by atoms with van der Waals surface area (Å²) >= 11 is 6.02. The zero-order valence-corrected chi connectivity index (χ0v) is 29.9. The molecular weight excluding hydrogens is 733 g/mol. The number of aliphatic carboxylic acids is 1. The lowest BCUT2D eigenvalue weighted by molar-refractivity contribution is -0.154. The van der Waals surface area contributed by atoms with Gasteiger partial charge in [-0.1, -0.05) is 56.6 Å². The number of hydrogen-bond donors (Lipinski definition) is 6. The first-order valence-electron chi connectivity index (χ1n) is 16.5. The topological polar surface area (TPSA) is 197 Å². The van der Waals surface area contributed by atoms with E-state index in [1.165, 1.54) is 24.3 Å². The van der Waals surface area contributed by atoms with Crippen LogP contribution >= 0.6 is 11.6 Å². The highest BCUT2D eigenvalue weighted by Crippen LogP contribution is 2.48. The maximum atomic E-state index is 12.9. The summed E-state index contributed by atoms with van der Waals surface area (Å²) < 4.78 is 43.6. The Labute approximate surface area is 312 Å². The normalized spacial score (nSPS) is 13.9. The standard InChI is InChI=1S/C36H36ClF3N8O6/c1-34(2,3)21-8-14-24(15-9-21)42-29(51)28(50)41-18-26(30(52)53)44-27(49)20-4-12-25(13-5-20)43-31-45-32(47-33(46-31)54-19-36(38,39)40)48-35(16-17-35)22-6-10-23(37)11-7-22/h4-15,26H,16-19H2,1-3H3,(H,41,50)(H,42,51)(H,44,49)(H,52,53)(H2,43,45,46,47,48)/t26-/m0/s1. The first-order valence-corrected chi connectivity index (χ1v) is 16.9. The Morgan fingerprint density at radius 1 is 0.852 bits per heavy atom. The molecule has 0 saturated heterocycles. The van der Waals surface area contributed by atoms with E-state index in [4.69, 9.17) is 16.3 Å². The van der Waals surface area contributed by atoms with E-state index in [9.17, 15) is 37.5 Å². The molecule has 6 N–H and O–H groups in total. The number of ether oxygens (including phenoxy) is 1. The van der Waals surface area contributed by atoms with Crippen molar-refractivity contribution in [1.29, 1.82) is 0 Å². The molecular formula is C36H36ClF3N8O6. The third-order valence-corrected chi connectivity index (χ3v) is 8.42. The minimum absolute atomic E-state index is 0.0282. The maximum absolute atomic E-state index is 12.9. The third-order valence-electron chi connectivity index (χ3n) is 8.17. The lowest BCUT2D eigenvalue weighted by Gasteiger charge is -2.19. The Morgan fingerprint density at radius 2 is 1.46 bits per heavy atom. The predicted octanol–water partition coefficient (Wildman–Crippen LogP) is 5.55. The van der Waals surface area contributed by atoms with Gasteiger partial charge in [0.05, 0.1) is 5.54 Å². The lowest BCUT2D eigenvalue weighted by Crippen LogP contribution is -2.50. The number of rotatable bonds is 13. The summed E-state index contributed by atoms with van der Waals surface area (Å²) in [6, 6.07) is 17.3. The van der Waals surface area contributed by atoms with Gasteiger partial charge >= 0.3 is 30.0 Å². The van der Waals surface area contributed by atoms with E-state index >= 15 is 0 Å². The van der Waals surface area contributed by atoms with Crippen LogP contribution < -0.4 is 31.3 Å². The summed E-state index contributed by atoms with van der Waals surface area (Å²) in [6.07, 6.45) is -3.25. The van der Waals surface area contributed by atoms with Crippen LogP contribution in [0.25, 0.3) is 0 Å². The average Bonchev–Trinajstić information content (AvgIpc) is 3.89. The Balaban J connectivity index is 1.20. The minimum atomic E-state index is -4.65. The number of nitrogens with one attached hydrogen (secondary N) is 5. The van der Waals surface area contributed by atoms with E-state index in [0.29, 0.717) is 29.2 Å². The van der Waals surface area contributed by atoms with Gasteiger partial charge in [-0.3, -0.25) is 14.4 Å². The Bertz CT molecular complexity index is 2000. The molecule has 284 valence electrons. The van der Waals surface area contributed by atoms with Gasteiger partial charge in [0.25, 0.3) is 5.91 Å². The molecule has 0 aliphatic heterocycles. The Morgan fingerprint density at radius 3 is 2.04 bits per heavy atom. The van der Waals surface area contributed by atoms with Crippen molar-refractivity contribution in [3.63, 3.8) is 0 Å². The van der Waals surface area contributed by atoms with Gasteiger partial charge in [-0.2, -0.15) is 28.1 Å². The summed E-state index contributed by atoms with van der Waals surface area (Å²) in [4.78, 5) is 61.8. The van der Waals surface area contributed by atoms with Crippen molar-refractivity contribution in [3.8, 4) is 6.01 Å². The van der Waals surface area contributed by atoms with Gasteiger partial charge in [0.1, 0.15) is 6.04 Å². The summed E-state index contributed by atoms with van der Waals surface area (Å²) in [5.74, 6) is -4.61. The number of carboxylic acids is 1. The number of nitrogens with zero attached hydrogens (tertiary/aromatic N) is 3. The fraction of sp³-hybridized carbons (Fsp3) is 0.306. The highest BCUT2D eigenvalue weighted by atomic mass is 35.5. The highest BCUT2D eigenvalue weighted by molar-refractivity contribution is 6.39. The molecule has 4 aromatic rings. The van der Waals surface area contributed by atoms with Gasteiger partial charge in [-0.05, 0) is 77.9 Å². The Kier molecular flexibility index (Phi) is 11.6. The van der Waals surface area contributed by atoms with Gasteiger partial charge in [-0.15, -0.1) is 0 Å². The second kappa shape index (κ2) is 16.0. The number of alkyl halides is 3. The smallest absolute Gasteiger partial charge is 0.422 e. The number of carboxylic acid groups (broad SMARTS) is 1. The fourth-order valence-electron chi connectivity index (χ4n) is 5.07. The minimum Gasteiger partial charge on any atom is -0.480 e. The van der Waals surface area contributed by atoms with Crippen molar-refractivity contribution < 1.29 is 42.2 Å². The van der Waals surface area contributed by atoms with E-state index < -0.39 is 60.6 Å². The number of halogens is 4. The molecule has 0 radical (unpaired) electrons. The van der Waals surface area contributed by atoms with Crippen LogP contribution in [0.3, 0.4) is 0 Å². The molecule has 54 heavy (non-hydrogen) atoms. The van der Waals surface area contributed by atoms with E-state index in [-0.39, 0.29) is 22.9 Å². The zero-order valence-electron chi connectivity index (χ0n) is 29.2. The Hall–Kier alpha value is -5.97. The summed E-state index contributed by atoms with van der Waals surface area (Å²) in [7, 11) is 0. The zero-order chi connectivity index (χ0) is 39.3. The van der Waals surface area contributed by atoms with Crippen LogP contribution in [0.2, 0.25) is 5.02 Å². The van der Waals surface area contributed by atoms with Crippen molar-refractivity contribution in [3.05, 3.63) is 94.5 Å². The monoisotopic (exact) mass is 768 g/mol. The predicted molar refractivity (Wildman–Crippen MR) is 193 cm³/mol. The van der Waals surface area contributed by atoms with Gasteiger partial charge < -0.3 is 36.4 Å². The molecule has 3 amide bonds. The first-order chi connectivity index (χ1) is 25.4. The lowest BCUT2D eigenvalue weighted by atomic mass is 9.87. The molecule has 1 aromatic heterocycles. The van der Waals surface area contributed by atoms with Crippen LogP contribution in [-0.2, 0) is 25.3 Å². The van der Waals surface area contributed by atoms with Gasteiger partial charge in [0.15, 0.2) is 6.61 Å². The highest BCUT2D eigenvalue weighted by Gasteiger charge is 2.45. The molecule has 1 heterocycles.